The van der Waals surface area contributed by atoms with Crippen LogP contribution in [0, 0.1) is 5.92 Å². The molecule has 1 saturated carbocycles. The number of nitrogens with one attached hydrogen (secondary N) is 1. The van der Waals surface area contributed by atoms with Crippen LogP contribution < -0.4 is 10.1 Å². The summed E-state index contributed by atoms with van der Waals surface area (Å²) in [5, 5.41) is 2.79. The molecule has 28 heavy (non-hydrogen) atoms. The fraction of sp³-hybridized carbons (Fsp3) is 0.474. The van der Waals surface area contributed by atoms with Crippen molar-refractivity contribution in [1.29, 1.82) is 0 Å². The molecule has 1 aliphatic carbocycles. The van der Waals surface area contributed by atoms with E-state index in [1.807, 2.05) is 6.92 Å². The molecule has 0 aliphatic heterocycles. The number of methoxy groups -OCH3 is 1. The second kappa shape index (κ2) is 9.20. The summed E-state index contributed by atoms with van der Waals surface area (Å²) in [5.74, 6) is -0.316. The van der Waals surface area contributed by atoms with Crippen LogP contribution in [0.5, 0.6) is 5.75 Å². The molecule has 9 heteroatoms. The van der Waals surface area contributed by atoms with Crippen LogP contribution >= 0.6 is 0 Å². The highest BCUT2D eigenvalue weighted by Gasteiger charge is 2.29. The molecule has 1 aliphatic rings. The van der Waals surface area contributed by atoms with Crippen LogP contribution in [-0.4, -0.2) is 58.5 Å². The number of carbonyl (C=O) groups is 2. The minimum atomic E-state index is -3.71. The van der Waals surface area contributed by atoms with Crippen LogP contribution in [0.2, 0.25) is 0 Å². The maximum absolute atomic E-state index is 12.4. The minimum Gasteiger partial charge on any atom is -0.495 e. The molecule has 0 saturated heterocycles. The van der Waals surface area contributed by atoms with E-state index < -0.39 is 16.0 Å². The quantitative estimate of drug-likeness (QED) is 0.488. The second-order valence-corrected chi connectivity index (χ2v) is 8.95. The van der Waals surface area contributed by atoms with E-state index in [0.29, 0.717) is 11.5 Å². The molecule has 0 unspecified atom stereocenters. The normalized spacial score (nSPS) is 15.5. The summed E-state index contributed by atoms with van der Waals surface area (Å²) in [4.78, 5) is 23.6. The first-order chi connectivity index (χ1) is 13.1. The molecule has 0 spiro atoms. The number of esters is 1. The van der Waals surface area contributed by atoms with Gasteiger partial charge >= 0.3 is 5.97 Å². The molecule has 1 fully saturated rings. The molecule has 0 bridgehead atoms. The first kappa shape index (κ1) is 21.9. The fourth-order valence-corrected chi connectivity index (χ4v) is 3.64. The predicted molar refractivity (Wildman–Crippen MR) is 104 cm³/mol. The third-order valence-electron chi connectivity index (χ3n) is 4.42. The van der Waals surface area contributed by atoms with Gasteiger partial charge in [-0.25, -0.2) is 17.5 Å². The van der Waals surface area contributed by atoms with E-state index in [9.17, 15) is 18.0 Å². The monoisotopic (exact) mass is 410 g/mol. The number of hydrogen-bond donors (Lipinski definition) is 1. The average Bonchev–Trinajstić information content (AvgIpc) is 3.49. The van der Waals surface area contributed by atoms with E-state index in [1.54, 1.807) is 6.07 Å². The van der Waals surface area contributed by atoms with Gasteiger partial charge in [0.25, 0.3) is 5.91 Å². The number of nitrogens with zero attached hydrogens (tertiary/aromatic N) is 1. The lowest BCUT2D eigenvalue weighted by Gasteiger charge is -2.15. The van der Waals surface area contributed by atoms with Crippen molar-refractivity contribution in [2.45, 2.75) is 30.7 Å². The highest BCUT2D eigenvalue weighted by Crippen LogP contribution is 2.32. The van der Waals surface area contributed by atoms with Crippen LogP contribution in [0.4, 0.5) is 0 Å². The zero-order chi connectivity index (χ0) is 20.9. The van der Waals surface area contributed by atoms with Gasteiger partial charge in [0, 0.05) is 26.2 Å². The molecular formula is C19H26N2O6S. The van der Waals surface area contributed by atoms with Crippen molar-refractivity contribution < 1.29 is 27.5 Å². The van der Waals surface area contributed by atoms with E-state index in [1.165, 1.54) is 39.4 Å². The Balaban J connectivity index is 1.99. The lowest BCUT2D eigenvalue weighted by molar-refractivity contribution is -0.144. The van der Waals surface area contributed by atoms with Gasteiger partial charge in [0.1, 0.15) is 10.6 Å². The van der Waals surface area contributed by atoms with E-state index >= 15 is 0 Å². The third kappa shape index (κ3) is 5.80. The van der Waals surface area contributed by atoms with Crippen molar-refractivity contribution in [1.82, 2.24) is 9.62 Å². The van der Waals surface area contributed by atoms with E-state index in [2.05, 4.69) is 5.32 Å². The average molecular weight is 410 g/mol. The van der Waals surface area contributed by atoms with E-state index in [0.717, 1.165) is 23.2 Å². The van der Waals surface area contributed by atoms with Gasteiger partial charge in [-0.15, -0.1) is 0 Å². The van der Waals surface area contributed by atoms with Crippen LogP contribution in [0.25, 0.3) is 6.08 Å². The highest BCUT2D eigenvalue weighted by atomic mass is 32.2. The Morgan fingerprint density at radius 2 is 2.00 bits per heavy atom. The maximum Gasteiger partial charge on any atom is 0.331 e. The third-order valence-corrected chi connectivity index (χ3v) is 6.26. The lowest BCUT2D eigenvalue weighted by Crippen LogP contribution is -2.36. The summed E-state index contributed by atoms with van der Waals surface area (Å²) >= 11 is 0. The topological polar surface area (TPSA) is 102 Å². The SMILES string of the molecule is COc1ccc(/C=C/C(=O)OCC(=O)N[C@@H](C)C2CC2)cc1S(=O)(=O)N(C)C. The number of rotatable bonds is 9. The Hall–Kier alpha value is -2.39. The van der Waals surface area contributed by atoms with Crippen LogP contribution in [-0.2, 0) is 24.3 Å². The lowest BCUT2D eigenvalue weighted by atomic mass is 10.2. The molecule has 8 nitrogen and oxygen atoms in total. The number of hydrogen-bond acceptors (Lipinski definition) is 6. The van der Waals surface area contributed by atoms with Crippen molar-refractivity contribution >= 4 is 28.0 Å². The van der Waals surface area contributed by atoms with Gasteiger partial charge in [-0.2, -0.15) is 0 Å². The second-order valence-electron chi connectivity index (χ2n) is 6.83. The Labute approximate surface area is 165 Å². The first-order valence-corrected chi connectivity index (χ1v) is 10.3. The van der Waals surface area contributed by atoms with Crippen molar-refractivity contribution in [3.63, 3.8) is 0 Å². The number of carbonyl (C=O) groups excluding carboxylic acids is 2. The van der Waals surface area contributed by atoms with Crippen molar-refractivity contribution in [2.75, 3.05) is 27.8 Å². The first-order valence-electron chi connectivity index (χ1n) is 8.90. The Morgan fingerprint density at radius 1 is 1.32 bits per heavy atom. The molecule has 0 heterocycles. The van der Waals surface area contributed by atoms with E-state index in [4.69, 9.17) is 9.47 Å². The summed E-state index contributed by atoms with van der Waals surface area (Å²) in [6, 6.07) is 4.61. The van der Waals surface area contributed by atoms with Gasteiger partial charge in [-0.05, 0) is 49.5 Å². The van der Waals surface area contributed by atoms with Crippen LogP contribution in [0.3, 0.4) is 0 Å². The smallest absolute Gasteiger partial charge is 0.331 e. The Morgan fingerprint density at radius 3 is 2.57 bits per heavy atom. The zero-order valence-electron chi connectivity index (χ0n) is 16.5. The number of benzene rings is 1. The molecule has 0 radical (unpaired) electrons. The highest BCUT2D eigenvalue weighted by molar-refractivity contribution is 7.89. The minimum absolute atomic E-state index is 0.0102. The van der Waals surface area contributed by atoms with Gasteiger partial charge in [-0.1, -0.05) is 6.07 Å². The van der Waals surface area contributed by atoms with Crippen molar-refractivity contribution in [2.24, 2.45) is 5.92 Å². The summed E-state index contributed by atoms with van der Waals surface area (Å²) in [5.41, 5.74) is 0.477. The molecule has 1 aromatic carbocycles. The van der Waals surface area contributed by atoms with Crippen molar-refractivity contribution in [3.05, 3.63) is 29.8 Å². The summed E-state index contributed by atoms with van der Waals surface area (Å²) in [7, 11) is 0.511. The number of ether oxygens (including phenoxy) is 2. The molecule has 1 atom stereocenters. The Kier molecular flexibility index (Phi) is 7.20. The van der Waals surface area contributed by atoms with Crippen LogP contribution in [0.15, 0.2) is 29.2 Å². The van der Waals surface area contributed by atoms with Gasteiger partial charge in [0.15, 0.2) is 6.61 Å². The van der Waals surface area contributed by atoms with Gasteiger partial charge in [0.2, 0.25) is 10.0 Å². The predicted octanol–water partition coefficient (Wildman–Crippen LogP) is 1.42. The maximum atomic E-state index is 12.4. The fourth-order valence-electron chi connectivity index (χ4n) is 2.55. The van der Waals surface area contributed by atoms with Crippen molar-refractivity contribution in [3.8, 4) is 5.75 Å². The Bertz CT molecular complexity index is 859. The van der Waals surface area contributed by atoms with Gasteiger partial charge in [0.05, 0.1) is 7.11 Å². The van der Waals surface area contributed by atoms with E-state index in [-0.39, 0.29) is 29.2 Å². The molecule has 154 valence electrons. The summed E-state index contributed by atoms with van der Waals surface area (Å²) in [6.07, 6.45) is 4.78. The van der Waals surface area contributed by atoms with Crippen LogP contribution in [0.1, 0.15) is 25.3 Å². The molecule has 1 aromatic rings. The number of amides is 1. The summed E-state index contributed by atoms with van der Waals surface area (Å²) < 4.78 is 35.9. The molecule has 2 rings (SSSR count). The molecule has 1 N–H and O–H groups in total. The standard InChI is InChI=1S/C19H26N2O6S/c1-13(15-7-8-15)20-18(22)12-27-19(23)10-6-14-5-9-16(26-4)17(11-14)28(24,25)21(2)3/h5-6,9-11,13,15H,7-8,12H2,1-4H3,(H,20,22)/b10-6+/t13-/m0/s1. The van der Waals surface area contributed by atoms with Gasteiger partial charge < -0.3 is 14.8 Å². The molecule has 0 aromatic heterocycles. The molecular weight excluding hydrogens is 384 g/mol. The van der Waals surface area contributed by atoms with Gasteiger partial charge in [-0.3, -0.25) is 4.79 Å². The summed E-state index contributed by atoms with van der Waals surface area (Å²) in [6.45, 7) is 1.57. The number of sulfonamides is 1. The molecule has 1 amide bonds. The largest absolute Gasteiger partial charge is 0.495 e. The zero-order valence-corrected chi connectivity index (χ0v) is 17.3.